The first kappa shape index (κ1) is 23.6. The van der Waals surface area contributed by atoms with Crippen LogP contribution < -0.4 is 9.88 Å². The van der Waals surface area contributed by atoms with Crippen molar-refractivity contribution in [1.82, 2.24) is 4.57 Å². The van der Waals surface area contributed by atoms with Crippen LogP contribution >= 0.6 is 0 Å². The van der Waals surface area contributed by atoms with Crippen molar-refractivity contribution in [3.63, 3.8) is 0 Å². The molecule has 0 saturated heterocycles. The molecule has 1 aromatic heterocycles. The van der Waals surface area contributed by atoms with Crippen LogP contribution in [-0.2, 0) is 26.0 Å². The number of primary sulfonamides is 1. The number of esters is 1. The summed E-state index contributed by atoms with van der Waals surface area (Å²) in [7, 11) is -1.19. The lowest BCUT2D eigenvalue weighted by molar-refractivity contribution is 0.0474. The Morgan fingerprint density at radius 3 is 2.43 bits per heavy atom. The summed E-state index contributed by atoms with van der Waals surface area (Å²) in [5.41, 5.74) is 2.12. The zero-order valence-electron chi connectivity index (χ0n) is 17.4. The molecule has 1 aromatic carbocycles. The summed E-state index contributed by atoms with van der Waals surface area (Å²) >= 11 is 0. The number of sulfonamides is 1. The molecule has 0 aliphatic rings. The lowest BCUT2D eigenvalue weighted by atomic mass is 10.1. The van der Waals surface area contributed by atoms with Crippen molar-refractivity contribution in [3.05, 3.63) is 46.8 Å². The van der Waals surface area contributed by atoms with Crippen LogP contribution in [0.3, 0.4) is 0 Å². The summed E-state index contributed by atoms with van der Waals surface area (Å²) in [6.45, 7) is 4.57. The Labute approximate surface area is 175 Å². The minimum Gasteiger partial charge on any atom is -0.495 e. The fourth-order valence-electron chi connectivity index (χ4n) is 3.11. The third-order valence-electron chi connectivity index (χ3n) is 4.64. The Hall–Kier alpha value is -2.69. The standard InChI is InChI=1S/C20H26N2O7S/c1-13-10-16(14(2)22(13)8-5-9-27-3)17(23)12-29-20(24)15-6-7-18(28-4)19(11-15)30(21,25)26/h6-7,10-11H,5,8-9,12H2,1-4H3,(H2,21,25,26). The summed E-state index contributed by atoms with van der Waals surface area (Å²) in [6, 6.07) is 5.45. The Balaban J connectivity index is 2.12. The van der Waals surface area contributed by atoms with Crippen LogP contribution in [0.25, 0.3) is 0 Å². The molecule has 0 atom stereocenters. The molecular weight excluding hydrogens is 412 g/mol. The maximum Gasteiger partial charge on any atom is 0.338 e. The van der Waals surface area contributed by atoms with Crippen molar-refractivity contribution >= 4 is 21.8 Å². The number of ether oxygens (including phenoxy) is 3. The van der Waals surface area contributed by atoms with E-state index in [4.69, 9.17) is 19.3 Å². The summed E-state index contributed by atoms with van der Waals surface area (Å²) in [4.78, 5) is 24.6. The average molecular weight is 439 g/mol. The SMILES string of the molecule is COCCCn1c(C)cc(C(=O)COC(=O)c2ccc(OC)c(S(N)(=O)=O)c2)c1C. The van der Waals surface area contributed by atoms with E-state index in [0.717, 1.165) is 23.9 Å². The van der Waals surface area contributed by atoms with Gasteiger partial charge in [0.15, 0.2) is 6.61 Å². The molecule has 0 aliphatic heterocycles. The minimum atomic E-state index is -4.10. The second-order valence-electron chi connectivity index (χ2n) is 6.69. The Morgan fingerprint density at radius 2 is 1.83 bits per heavy atom. The van der Waals surface area contributed by atoms with E-state index in [0.29, 0.717) is 18.7 Å². The number of nitrogens with two attached hydrogens (primary N) is 1. The van der Waals surface area contributed by atoms with Gasteiger partial charge in [-0.05, 0) is 44.5 Å². The van der Waals surface area contributed by atoms with Gasteiger partial charge in [-0.25, -0.2) is 18.4 Å². The number of benzene rings is 1. The lowest BCUT2D eigenvalue weighted by Crippen LogP contribution is -2.17. The molecule has 0 saturated carbocycles. The van der Waals surface area contributed by atoms with Gasteiger partial charge in [0.2, 0.25) is 15.8 Å². The molecule has 2 aromatic rings. The van der Waals surface area contributed by atoms with Gasteiger partial charge in [-0.2, -0.15) is 0 Å². The summed E-state index contributed by atoms with van der Waals surface area (Å²) < 4.78 is 40.5. The summed E-state index contributed by atoms with van der Waals surface area (Å²) in [6.07, 6.45) is 0.805. The lowest BCUT2D eigenvalue weighted by Gasteiger charge is -2.10. The summed E-state index contributed by atoms with van der Waals surface area (Å²) in [5.74, 6) is -1.19. The normalized spacial score (nSPS) is 11.4. The smallest absolute Gasteiger partial charge is 0.338 e. The van der Waals surface area contributed by atoms with E-state index in [1.807, 2.05) is 18.4 Å². The van der Waals surface area contributed by atoms with Crippen molar-refractivity contribution < 1.29 is 32.2 Å². The van der Waals surface area contributed by atoms with E-state index >= 15 is 0 Å². The molecule has 0 amide bonds. The first-order valence-corrected chi connectivity index (χ1v) is 10.7. The molecule has 9 nitrogen and oxygen atoms in total. The zero-order chi connectivity index (χ0) is 22.5. The molecule has 0 aliphatic carbocycles. The highest BCUT2D eigenvalue weighted by atomic mass is 32.2. The van der Waals surface area contributed by atoms with Crippen molar-refractivity contribution in [3.8, 4) is 5.75 Å². The maximum absolute atomic E-state index is 12.6. The van der Waals surface area contributed by atoms with Gasteiger partial charge in [0.1, 0.15) is 10.6 Å². The molecule has 0 bridgehead atoms. The molecule has 0 fully saturated rings. The van der Waals surface area contributed by atoms with Crippen LogP contribution in [0, 0.1) is 13.8 Å². The number of aryl methyl sites for hydroxylation is 1. The molecule has 164 valence electrons. The number of hydrogen-bond donors (Lipinski definition) is 1. The molecule has 30 heavy (non-hydrogen) atoms. The quantitative estimate of drug-likeness (QED) is 0.341. The molecule has 2 N–H and O–H groups in total. The minimum absolute atomic E-state index is 0.00559. The number of aromatic nitrogens is 1. The van der Waals surface area contributed by atoms with Crippen molar-refractivity contribution in [1.29, 1.82) is 0 Å². The fraction of sp³-hybridized carbons (Fsp3) is 0.400. The fourth-order valence-corrected chi connectivity index (χ4v) is 3.84. The number of carbonyl (C=O) groups is 2. The molecule has 10 heteroatoms. The second kappa shape index (κ2) is 9.88. The van der Waals surface area contributed by atoms with Gasteiger partial charge in [-0.3, -0.25) is 4.79 Å². The van der Waals surface area contributed by atoms with Crippen LogP contribution in [0.2, 0.25) is 0 Å². The first-order valence-electron chi connectivity index (χ1n) is 9.17. The van der Waals surface area contributed by atoms with E-state index in [2.05, 4.69) is 0 Å². The number of methoxy groups -OCH3 is 2. The van der Waals surface area contributed by atoms with E-state index in [1.165, 1.54) is 19.2 Å². The van der Waals surface area contributed by atoms with Crippen molar-refractivity contribution in [2.45, 2.75) is 31.7 Å². The van der Waals surface area contributed by atoms with Gasteiger partial charge >= 0.3 is 5.97 Å². The third kappa shape index (κ3) is 5.47. The molecule has 0 unspecified atom stereocenters. The highest BCUT2D eigenvalue weighted by Crippen LogP contribution is 2.24. The van der Waals surface area contributed by atoms with Gasteiger partial charge in [0, 0.05) is 37.2 Å². The largest absolute Gasteiger partial charge is 0.495 e. The number of nitrogens with zero attached hydrogens (tertiary/aromatic N) is 1. The van der Waals surface area contributed by atoms with Crippen LogP contribution in [0.1, 0.15) is 38.5 Å². The van der Waals surface area contributed by atoms with Gasteiger partial charge in [-0.15, -0.1) is 0 Å². The highest BCUT2D eigenvalue weighted by Gasteiger charge is 2.21. The van der Waals surface area contributed by atoms with E-state index in [1.54, 1.807) is 13.2 Å². The van der Waals surface area contributed by atoms with Gasteiger partial charge in [0.05, 0.1) is 12.7 Å². The number of ketones is 1. The molecule has 0 spiro atoms. The van der Waals surface area contributed by atoms with Crippen LogP contribution in [-0.4, -0.2) is 52.2 Å². The predicted octanol–water partition coefficient (Wildman–Crippen LogP) is 1.84. The molecule has 1 heterocycles. The van der Waals surface area contributed by atoms with Crippen LogP contribution in [0.15, 0.2) is 29.2 Å². The summed E-state index contributed by atoms with van der Waals surface area (Å²) in [5, 5.41) is 5.15. The van der Waals surface area contributed by atoms with E-state index < -0.39 is 22.6 Å². The van der Waals surface area contributed by atoms with Crippen LogP contribution in [0.5, 0.6) is 5.75 Å². The Morgan fingerprint density at radius 1 is 1.13 bits per heavy atom. The number of carbonyl (C=O) groups excluding carboxylic acids is 2. The number of hydrogen-bond acceptors (Lipinski definition) is 7. The second-order valence-corrected chi connectivity index (χ2v) is 8.22. The van der Waals surface area contributed by atoms with E-state index in [9.17, 15) is 18.0 Å². The average Bonchev–Trinajstić information content (AvgIpc) is 2.99. The maximum atomic E-state index is 12.6. The molecule has 2 rings (SSSR count). The highest BCUT2D eigenvalue weighted by molar-refractivity contribution is 7.89. The van der Waals surface area contributed by atoms with Gasteiger partial charge in [0.25, 0.3) is 0 Å². The monoisotopic (exact) mass is 438 g/mol. The Bertz CT molecular complexity index is 1040. The topological polar surface area (TPSA) is 127 Å². The van der Waals surface area contributed by atoms with Crippen molar-refractivity contribution in [2.75, 3.05) is 27.4 Å². The predicted molar refractivity (Wildman–Crippen MR) is 109 cm³/mol. The zero-order valence-corrected chi connectivity index (χ0v) is 18.2. The van der Waals surface area contributed by atoms with Crippen molar-refractivity contribution in [2.24, 2.45) is 5.14 Å². The first-order chi connectivity index (χ1) is 14.1. The molecular formula is C20H26N2O7S. The number of rotatable bonds is 10. The van der Waals surface area contributed by atoms with E-state index in [-0.39, 0.29) is 22.0 Å². The van der Waals surface area contributed by atoms with Crippen LogP contribution in [0.4, 0.5) is 0 Å². The number of Topliss-reactive ketones (excluding diaryl/α,β-unsaturated/α-hetero) is 1. The Kier molecular flexibility index (Phi) is 7.77. The van der Waals surface area contributed by atoms with Gasteiger partial charge < -0.3 is 18.8 Å². The third-order valence-corrected chi connectivity index (χ3v) is 5.58. The molecule has 0 radical (unpaired) electrons. The van der Waals surface area contributed by atoms with Gasteiger partial charge in [-0.1, -0.05) is 0 Å².